The number of fused-ring (bicyclic) bond motifs is 3. The predicted molar refractivity (Wildman–Crippen MR) is 96.0 cm³/mol. The number of hydrogen-bond donors (Lipinski definition) is 1. The molecule has 0 radical (unpaired) electrons. The highest BCUT2D eigenvalue weighted by molar-refractivity contribution is 7.21. The molecule has 0 unspecified atom stereocenters. The molecular formula is C16H13N3O3S2. The summed E-state index contributed by atoms with van der Waals surface area (Å²) in [5.74, 6) is 1.05. The number of hydrogen-bond acceptors (Lipinski definition) is 6. The third-order valence-corrected chi connectivity index (χ3v) is 5.35. The topological polar surface area (TPSA) is 64.9 Å². The fraction of sp³-hybridized carbons (Fsp3) is 0.125. The van der Waals surface area contributed by atoms with Crippen LogP contribution in [0.3, 0.4) is 0 Å². The first-order valence-corrected chi connectivity index (χ1v) is 8.77. The molecular weight excluding hydrogens is 346 g/mol. The van der Waals surface area contributed by atoms with Crippen LogP contribution in [0.25, 0.3) is 15.3 Å². The minimum atomic E-state index is -0.183. The number of benzene rings is 1. The van der Waals surface area contributed by atoms with Crippen molar-refractivity contribution in [1.82, 2.24) is 9.38 Å². The molecule has 4 rings (SSSR count). The molecule has 0 saturated carbocycles. The maximum atomic E-state index is 12.5. The van der Waals surface area contributed by atoms with Crippen LogP contribution >= 0.6 is 22.7 Å². The van der Waals surface area contributed by atoms with Crippen molar-refractivity contribution in [2.75, 3.05) is 19.5 Å². The molecule has 0 aliphatic carbocycles. The van der Waals surface area contributed by atoms with Gasteiger partial charge in [-0.1, -0.05) is 0 Å². The first-order chi connectivity index (χ1) is 11.7. The SMILES string of the molecule is COc1cc(NC(=O)c2cc3c(nc4sccn43)s2)cc(OC)c1. The normalized spacial score (nSPS) is 11.1. The zero-order valence-electron chi connectivity index (χ0n) is 12.9. The van der Waals surface area contributed by atoms with Gasteiger partial charge in [-0.2, -0.15) is 0 Å². The summed E-state index contributed by atoms with van der Waals surface area (Å²) in [6.45, 7) is 0. The Morgan fingerprint density at radius 2 is 1.92 bits per heavy atom. The number of methoxy groups -OCH3 is 2. The highest BCUT2D eigenvalue weighted by Gasteiger charge is 2.15. The Balaban J connectivity index is 1.65. The van der Waals surface area contributed by atoms with Crippen LogP contribution in [0.15, 0.2) is 35.8 Å². The summed E-state index contributed by atoms with van der Waals surface area (Å²) in [5, 5.41) is 4.85. The number of nitrogens with zero attached hydrogens (tertiary/aromatic N) is 2. The van der Waals surface area contributed by atoms with Gasteiger partial charge in [0.1, 0.15) is 16.3 Å². The van der Waals surface area contributed by atoms with Crippen LogP contribution in [0.4, 0.5) is 5.69 Å². The summed E-state index contributed by atoms with van der Waals surface area (Å²) in [6.07, 6.45) is 1.96. The van der Waals surface area contributed by atoms with E-state index in [2.05, 4.69) is 10.3 Å². The number of ether oxygens (including phenoxy) is 2. The first-order valence-electron chi connectivity index (χ1n) is 7.07. The second kappa shape index (κ2) is 5.81. The van der Waals surface area contributed by atoms with E-state index in [0.29, 0.717) is 22.1 Å². The minimum Gasteiger partial charge on any atom is -0.497 e. The van der Waals surface area contributed by atoms with E-state index in [4.69, 9.17) is 9.47 Å². The maximum absolute atomic E-state index is 12.5. The summed E-state index contributed by atoms with van der Waals surface area (Å²) in [5.41, 5.74) is 1.56. The molecule has 0 fully saturated rings. The third-order valence-electron chi connectivity index (χ3n) is 3.57. The van der Waals surface area contributed by atoms with Gasteiger partial charge in [-0.3, -0.25) is 9.20 Å². The van der Waals surface area contributed by atoms with Gasteiger partial charge in [-0.25, -0.2) is 4.98 Å². The van der Waals surface area contributed by atoms with Gasteiger partial charge in [0, 0.05) is 35.5 Å². The monoisotopic (exact) mass is 359 g/mol. The van der Waals surface area contributed by atoms with Gasteiger partial charge >= 0.3 is 0 Å². The van der Waals surface area contributed by atoms with E-state index in [1.54, 1.807) is 43.8 Å². The Morgan fingerprint density at radius 3 is 2.62 bits per heavy atom. The summed E-state index contributed by atoms with van der Waals surface area (Å²) >= 11 is 2.95. The van der Waals surface area contributed by atoms with Crippen LogP contribution in [-0.2, 0) is 0 Å². The molecule has 1 amide bonds. The molecule has 122 valence electrons. The number of imidazole rings is 1. The van der Waals surface area contributed by atoms with Crippen molar-refractivity contribution in [1.29, 1.82) is 0 Å². The maximum Gasteiger partial charge on any atom is 0.265 e. The molecule has 1 N–H and O–H groups in total. The molecule has 0 aliphatic heterocycles. The number of nitrogens with one attached hydrogen (secondary N) is 1. The van der Waals surface area contributed by atoms with Gasteiger partial charge < -0.3 is 14.8 Å². The van der Waals surface area contributed by atoms with Crippen molar-refractivity contribution in [2.24, 2.45) is 0 Å². The number of amides is 1. The van der Waals surface area contributed by atoms with Crippen molar-refractivity contribution in [2.45, 2.75) is 0 Å². The second-order valence-corrected chi connectivity index (χ2v) is 6.93. The molecule has 3 heterocycles. The minimum absolute atomic E-state index is 0.183. The predicted octanol–water partition coefficient (Wildman–Crippen LogP) is 3.88. The van der Waals surface area contributed by atoms with Crippen molar-refractivity contribution in [3.63, 3.8) is 0 Å². The van der Waals surface area contributed by atoms with E-state index in [9.17, 15) is 4.79 Å². The summed E-state index contributed by atoms with van der Waals surface area (Å²) < 4.78 is 12.4. The number of rotatable bonds is 4. The number of aromatic nitrogens is 2. The second-order valence-electron chi connectivity index (χ2n) is 5.02. The standard InChI is InChI=1S/C16H13N3O3S2/c1-21-10-5-9(6-11(7-10)22-2)17-14(20)13-8-12-15(24-13)18-16-19(12)3-4-23-16/h3-8H,1-2H3,(H,17,20). The lowest BCUT2D eigenvalue weighted by Crippen LogP contribution is -2.10. The lowest BCUT2D eigenvalue weighted by Gasteiger charge is -2.09. The van der Waals surface area contributed by atoms with E-state index < -0.39 is 0 Å². The molecule has 0 atom stereocenters. The van der Waals surface area contributed by atoms with Crippen LogP contribution < -0.4 is 14.8 Å². The van der Waals surface area contributed by atoms with E-state index in [0.717, 1.165) is 15.3 Å². The zero-order chi connectivity index (χ0) is 16.7. The summed E-state index contributed by atoms with van der Waals surface area (Å²) in [4.78, 5) is 19.5. The number of carbonyl (C=O) groups excluding carboxylic acids is 1. The van der Waals surface area contributed by atoms with Gasteiger partial charge in [0.2, 0.25) is 0 Å². The number of thiazole rings is 1. The average Bonchev–Trinajstić information content (AvgIpc) is 3.26. The highest BCUT2D eigenvalue weighted by atomic mass is 32.1. The molecule has 0 bridgehead atoms. The van der Waals surface area contributed by atoms with E-state index in [1.807, 2.05) is 22.0 Å². The van der Waals surface area contributed by atoms with Gasteiger partial charge in [0.05, 0.1) is 24.6 Å². The Bertz CT molecular complexity index is 1030. The van der Waals surface area contributed by atoms with E-state index in [1.165, 1.54) is 11.3 Å². The summed E-state index contributed by atoms with van der Waals surface area (Å²) in [7, 11) is 3.14. The number of thiophene rings is 1. The third kappa shape index (κ3) is 2.49. The first kappa shape index (κ1) is 15.0. The molecule has 0 spiro atoms. The van der Waals surface area contributed by atoms with Gasteiger partial charge in [-0.05, 0) is 6.07 Å². The smallest absolute Gasteiger partial charge is 0.265 e. The quantitative estimate of drug-likeness (QED) is 0.600. The molecule has 8 heteroatoms. The van der Waals surface area contributed by atoms with Crippen molar-refractivity contribution in [3.8, 4) is 11.5 Å². The molecule has 6 nitrogen and oxygen atoms in total. The average molecular weight is 359 g/mol. The van der Waals surface area contributed by atoms with Crippen LogP contribution in [0, 0.1) is 0 Å². The van der Waals surface area contributed by atoms with E-state index >= 15 is 0 Å². The molecule has 0 aliphatic rings. The van der Waals surface area contributed by atoms with Crippen molar-refractivity contribution in [3.05, 3.63) is 40.7 Å². The summed E-state index contributed by atoms with van der Waals surface area (Å²) in [6, 6.07) is 7.11. The highest BCUT2D eigenvalue weighted by Crippen LogP contribution is 2.30. The Labute approximate surface area is 145 Å². The fourth-order valence-electron chi connectivity index (χ4n) is 2.43. The zero-order valence-corrected chi connectivity index (χ0v) is 14.5. The molecule has 4 aromatic rings. The van der Waals surface area contributed by atoms with Gasteiger partial charge in [0.15, 0.2) is 4.96 Å². The number of anilines is 1. The lowest BCUT2D eigenvalue weighted by atomic mass is 10.2. The molecule has 24 heavy (non-hydrogen) atoms. The van der Waals surface area contributed by atoms with Crippen LogP contribution in [0.5, 0.6) is 11.5 Å². The van der Waals surface area contributed by atoms with Crippen molar-refractivity contribution < 1.29 is 14.3 Å². The Hall–Kier alpha value is -2.58. The molecule has 1 aromatic carbocycles. The number of carbonyl (C=O) groups is 1. The lowest BCUT2D eigenvalue weighted by molar-refractivity contribution is 0.103. The van der Waals surface area contributed by atoms with E-state index in [-0.39, 0.29) is 5.91 Å². The largest absolute Gasteiger partial charge is 0.497 e. The van der Waals surface area contributed by atoms with Gasteiger partial charge in [0.25, 0.3) is 5.91 Å². The van der Waals surface area contributed by atoms with Gasteiger partial charge in [-0.15, -0.1) is 22.7 Å². The fourth-order valence-corrected chi connectivity index (χ4v) is 4.13. The Morgan fingerprint density at radius 1 is 1.17 bits per heavy atom. The van der Waals surface area contributed by atoms with Crippen LogP contribution in [-0.4, -0.2) is 29.5 Å². The van der Waals surface area contributed by atoms with Crippen LogP contribution in [0.2, 0.25) is 0 Å². The molecule has 3 aromatic heterocycles. The molecule has 0 saturated heterocycles. The van der Waals surface area contributed by atoms with Crippen LogP contribution in [0.1, 0.15) is 9.67 Å². The van der Waals surface area contributed by atoms with Crippen molar-refractivity contribution >= 4 is 49.6 Å². The Kier molecular flexibility index (Phi) is 3.62.